The summed E-state index contributed by atoms with van der Waals surface area (Å²) in [6.45, 7) is 3.83. The fourth-order valence-electron chi connectivity index (χ4n) is 2.63. The summed E-state index contributed by atoms with van der Waals surface area (Å²) in [6.07, 6.45) is 0. The molecule has 2 aromatic carbocycles. The number of thioether (sulfide) groups is 1. The molecule has 0 saturated carbocycles. The van der Waals surface area contributed by atoms with Gasteiger partial charge in [-0.1, -0.05) is 35.5 Å². The van der Waals surface area contributed by atoms with Gasteiger partial charge in [-0.25, -0.2) is 0 Å². The van der Waals surface area contributed by atoms with Gasteiger partial charge in [0, 0.05) is 23.9 Å². The van der Waals surface area contributed by atoms with E-state index in [1.165, 1.54) is 11.8 Å². The van der Waals surface area contributed by atoms with E-state index in [2.05, 4.69) is 15.5 Å². The Labute approximate surface area is 167 Å². The zero-order chi connectivity index (χ0) is 20.3. The average Bonchev–Trinajstić information content (AvgIpc) is 3.02. The lowest BCUT2D eigenvalue weighted by Crippen LogP contribution is -2.23. The molecule has 1 heterocycles. The zero-order valence-corrected chi connectivity index (χ0v) is 16.7. The molecule has 3 aromatic rings. The Morgan fingerprint density at radius 3 is 2.50 bits per heavy atom. The van der Waals surface area contributed by atoms with Crippen LogP contribution < -0.4 is 11.1 Å². The van der Waals surface area contributed by atoms with Crippen molar-refractivity contribution >= 4 is 29.3 Å². The number of aromatic nitrogens is 3. The van der Waals surface area contributed by atoms with Crippen molar-refractivity contribution in [3.8, 4) is 11.4 Å². The number of nitrogens with one attached hydrogen (secondary N) is 1. The number of amides is 2. The second-order valence-electron chi connectivity index (χ2n) is 6.43. The van der Waals surface area contributed by atoms with Crippen molar-refractivity contribution in [2.24, 2.45) is 12.8 Å². The third-order valence-electron chi connectivity index (χ3n) is 4.20. The normalized spacial score (nSPS) is 11.8. The Morgan fingerprint density at radius 1 is 1.14 bits per heavy atom. The number of aryl methyl sites for hydroxylation is 1. The van der Waals surface area contributed by atoms with E-state index in [0.29, 0.717) is 16.4 Å². The van der Waals surface area contributed by atoms with Crippen LogP contribution in [-0.4, -0.2) is 31.8 Å². The van der Waals surface area contributed by atoms with Gasteiger partial charge in [-0.2, -0.15) is 0 Å². The van der Waals surface area contributed by atoms with E-state index >= 15 is 0 Å². The molecule has 28 heavy (non-hydrogen) atoms. The molecule has 3 N–H and O–H groups in total. The third kappa shape index (κ3) is 4.40. The summed E-state index contributed by atoms with van der Waals surface area (Å²) in [4.78, 5) is 23.6. The highest BCUT2D eigenvalue weighted by molar-refractivity contribution is 8.00. The molecule has 0 spiro atoms. The molecule has 144 valence electrons. The molecule has 0 aliphatic heterocycles. The van der Waals surface area contributed by atoms with Gasteiger partial charge in [0.1, 0.15) is 0 Å². The van der Waals surface area contributed by atoms with E-state index in [0.717, 1.165) is 17.0 Å². The molecule has 0 bridgehead atoms. The van der Waals surface area contributed by atoms with E-state index in [9.17, 15) is 9.59 Å². The van der Waals surface area contributed by atoms with Gasteiger partial charge in [0.05, 0.1) is 5.25 Å². The number of rotatable bonds is 6. The van der Waals surface area contributed by atoms with Crippen molar-refractivity contribution in [3.63, 3.8) is 0 Å². The Kier molecular flexibility index (Phi) is 5.79. The van der Waals surface area contributed by atoms with Crippen molar-refractivity contribution in [2.45, 2.75) is 24.3 Å². The van der Waals surface area contributed by atoms with Gasteiger partial charge in [-0.15, -0.1) is 10.2 Å². The summed E-state index contributed by atoms with van der Waals surface area (Å²) in [7, 11) is 1.88. The van der Waals surface area contributed by atoms with Gasteiger partial charge in [-0.3, -0.25) is 9.59 Å². The molecule has 1 unspecified atom stereocenters. The lowest BCUT2D eigenvalue weighted by Gasteiger charge is -2.12. The van der Waals surface area contributed by atoms with E-state index in [1.54, 1.807) is 31.2 Å². The minimum atomic E-state index is -0.506. The summed E-state index contributed by atoms with van der Waals surface area (Å²) < 4.78 is 1.88. The molecule has 0 aliphatic rings. The SMILES string of the molecule is Cc1cccc(-c2nnc(SC(C)C(=O)Nc3ccc(C(N)=O)cc3)n2C)c1. The lowest BCUT2D eigenvalue weighted by molar-refractivity contribution is -0.115. The van der Waals surface area contributed by atoms with Crippen LogP contribution in [0, 0.1) is 6.92 Å². The van der Waals surface area contributed by atoms with Crippen molar-refractivity contribution in [1.82, 2.24) is 14.8 Å². The Balaban J connectivity index is 1.68. The second kappa shape index (κ2) is 8.26. The number of nitrogens with two attached hydrogens (primary N) is 1. The number of benzene rings is 2. The molecule has 7 nitrogen and oxygen atoms in total. The molecule has 1 aromatic heterocycles. The van der Waals surface area contributed by atoms with Gasteiger partial charge in [-0.05, 0) is 44.2 Å². The summed E-state index contributed by atoms with van der Waals surface area (Å²) in [6, 6.07) is 14.5. The minimum absolute atomic E-state index is 0.170. The van der Waals surface area contributed by atoms with Crippen LogP contribution in [-0.2, 0) is 11.8 Å². The van der Waals surface area contributed by atoms with Crippen LogP contribution >= 0.6 is 11.8 Å². The van der Waals surface area contributed by atoms with Crippen LogP contribution in [0.25, 0.3) is 11.4 Å². The first kappa shape index (κ1) is 19.6. The Bertz CT molecular complexity index is 1010. The molecule has 0 saturated heterocycles. The smallest absolute Gasteiger partial charge is 0.248 e. The first-order valence-corrected chi connectivity index (χ1v) is 9.57. The van der Waals surface area contributed by atoms with Gasteiger partial charge in [0.25, 0.3) is 0 Å². The van der Waals surface area contributed by atoms with Crippen LogP contribution in [0.4, 0.5) is 5.69 Å². The number of hydrogen-bond donors (Lipinski definition) is 2. The van der Waals surface area contributed by atoms with Crippen LogP contribution in [0.1, 0.15) is 22.8 Å². The molecular weight excluding hydrogens is 374 g/mol. The maximum atomic E-state index is 12.5. The van der Waals surface area contributed by atoms with Gasteiger partial charge >= 0.3 is 0 Å². The van der Waals surface area contributed by atoms with Crippen molar-refractivity contribution in [2.75, 3.05) is 5.32 Å². The highest BCUT2D eigenvalue weighted by Gasteiger charge is 2.19. The van der Waals surface area contributed by atoms with E-state index < -0.39 is 5.91 Å². The quantitative estimate of drug-likeness (QED) is 0.625. The van der Waals surface area contributed by atoms with Gasteiger partial charge in [0.15, 0.2) is 11.0 Å². The number of carbonyl (C=O) groups excluding carboxylic acids is 2. The van der Waals surface area contributed by atoms with Gasteiger partial charge in [0.2, 0.25) is 11.8 Å². The van der Waals surface area contributed by atoms with Crippen LogP contribution in [0.2, 0.25) is 0 Å². The van der Waals surface area contributed by atoms with Crippen molar-refractivity contribution in [1.29, 1.82) is 0 Å². The average molecular weight is 395 g/mol. The highest BCUT2D eigenvalue weighted by Crippen LogP contribution is 2.26. The molecule has 0 aliphatic carbocycles. The molecular formula is C20H21N5O2S. The lowest BCUT2D eigenvalue weighted by atomic mass is 10.1. The van der Waals surface area contributed by atoms with Crippen LogP contribution in [0.5, 0.6) is 0 Å². The molecule has 2 amide bonds. The summed E-state index contributed by atoms with van der Waals surface area (Å²) in [5.74, 6) is 0.0753. The molecule has 1 atom stereocenters. The standard InChI is InChI=1S/C20H21N5O2S/c1-12-5-4-6-15(11-12)18-23-24-20(25(18)3)28-13(2)19(27)22-16-9-7-14(8-10-16)17(21)26/h4-11,13H,1-3H3,(H2,21,26)(H,22,27). The predicted molar refractivity (Wildman–Crippen MR) is 110 cm³/mol. The fraction of sp³-hybridized carbons (Fsp3) is 0.200. The van der Waals surface area contributed by atoms with Crippen molar-refractivity contribution < 1.29 is 9.59 Å². The molecule has 8 heteroatoms. The molecule has 0 radical (unpaired) electrons. The maximum Gasteiger partial charge on any atom is 0.248 e. The van der Waals surface area contributed by atoms with Crippen LogP contribution in [0.3, 0.4) is 0 Å². The first-order chi connectivity index (χ1) is 13.3. The first-order valence-electron chi connectivity index (χ1n) is 8.69. The fourth-order valence-corrected chi connectivity index (χ4v) is 3.44. The van der Waals surface area contributed by atoms with Gasteiger partial charge < -0.3 is 15.6 Å². The van der Waals surface area contributed by atoms with Crippen LogP contribution in [0.15, 0.2) is 53.7 Å². The maximum absolute atomic E-state index is 12.5. The number of carbonyl (C=O) groups is 2. The third-order valence-corrected chi connectivity index (χ3v) is 5.33. The molecule has 0 fully saturated rings. The van der Waals surface area contributed by atoms with E-state index in [1.807, 2.05) is 42.8 Å². The summed E-state index contributed by atoms with van der Waals surface area (Å²) >= 11 is 1.33. The summed E-state index contributed by atoms with van der Waals surface area (Å²) in [5.41, 5.74) is 8.33. The predicted octanol–water partition coefficient (Wildman–Crippen LogP) is 3.01. The Morgan fingerprint density at radius 2 is 1.86 bits per heavy atom. The summed E-state index contributed by atoms with van der Waals surface area (Å²) in [5, 5.41) is 11.6. The van der Waals surface area contributed by atoms with E-state index in [4.69, 9.17) is 5.73 Å². The minimum Gasteiger partial charge on any atom is -0.366 e. The molecule has 3 rings (SSSR count). The number of primary amides is 1. The monoisotopic (exact) mass is 395 g/mol. The topological polar surface area (TPSA) is 103 Å². The highest BCUT2D eigenvalue weighted by atomic mass is 32.2. The second-order valence-corrected chi connectivity index (χ2v) is 7.73. The van der Waals surface area contributed by atoms with E-state index in [-0.39, 0.29) is 11.2 Å². The number of hydrogen-bond acceptors (Lipinski definition) is 5. The Hall–Kier alpha value is -3.13. The number of nitrogens with zero attached hydrogens (tertiary/aromatic N) is 3. The number of anilines is 1. The van der Waals surface area contributed by atoms with Crippen molar-refractivity contribution in [3.05, 3.63) is 59.7 Å². The zero-order valence-electron chi connectivity index (χ0n) is 15.8. The largest absolute Gasteiger partial charge is 0.366 e.